The van der Waals surface area contributed by atoms with Crippen LogP contribution in [0.1, 0.15) is 31.4 Å². The third-order valence-electron chi connectivity index (χ3n) is 4.40. The van der Waals surface area contributed by atoms with Crippen LogP contribution in [0, 0.1) is 12.7 Å². The van der Waals surface area contributed by atoms with Crippen molar-refractivity contribution in [3.8, 4) is 5.75 Å². The minimum Gasteiger partial charge on any atom is -0.484 e. The Morgan fingerprint density at radius 3 is 2.46 bits per heavy atom. The topological polar surface area (TPSA) is 58.6 Å². The first kappa shape index (κ1) is 21.4. The number of carbonyl (C=O) groups is 2. The van der Waals surface area contributed by atoms with Crippen molar-refractivity contribution in [3.63, 3.8) is 0 Å². The molecule has 0 unspecified atom stereocenters. The Balaban J connectivity index is 2.13. The van der Waals surface area contributed by atoms with Gasteiger partial charge in [-0.3, -0.25) is 9.59 Å². The van der Waals surface area contributed by atoms with Gasteiger partial charge in [-0.05, 0) is 38.5 Å². The van der Waals surface area contributed by atoms with E-state index in [1.165, 1.54) is 11.0 Å². The lowest BCUT2D eigenvalue weighted by Crippen LogP contribution is -2.49. The number of carbonyl (C=O) groups excluding carboxylic acids is 2. The first-order chi connectivity index (χ1) is 13.4. The maximum Gasteiger partial charge on any atom is 0.261 e. The Morgan fingerprint density at radius 1 is 1.14 bits per heavy atom. The number of nitrogens with zero attached hydrogens (tertiary/aromatic N) is 1. The van der Waals surface area contributed by atoms with Crippen molar-refractivity contribution >= 4 is 11.8 Å². The predicted molar refractivity (Wildman–Crippen MR) is 106 cm³/mol. The van der Waals surface area contributed by atoms with Gasteiger partial charge in [0.1, 0.15) is 17.6 Å². The number of rotatable bonds is 9. The lowest BCUT2D eigenvalue weighted by atomic mass is 10.1. The fourth-order valence-electron chi connectivity index (χ4n) is 2.65. The number of hydrogen-bond acceptors (Lipinski definition) is 3. The highest BCUT2D eigenvalue weighted by atomic mass is 19.1. The lowest BCUT2D eigenvalue weighted by molar-refractivity contribution is -0.142. The van der Waals surface area contributed by atoms with Crippen molar-refractivity contribution in [1.82, 2.24) is 10.2 Å². The molecule has 2 aromatic carbocycles. The molecule has 0 aliphatic heterocycles. The Hall–Kier alpha value is -2.89. The summed E-state index contributed by atoms with van der Waals surface area (Å²) in [4.78, 5) is 26.6. The number of hydrogen-bond donors (Lipinski definition) is 1. The number of halogens is 1. The van der Waals surface area contributed by atoms with E-state index in [0.29, 0.717) is 17.9 Å². The van der Waals surface area contributed by atoms with Gasteiger partial charge in [0.2, 0.25) is 5.91 Å². The number of amides is 2. The van der Waals surface area contributed by atoms with Gasteiger partial charge in [0.25, 0.3) is 5.91 Å². The Morgan fingerprint density at radius 2 is 1.82 bits per heavy atom. The SMILES string of the molecule is CCCNC(=O)[C@@H](C)N(Cc1ccccc1F)C(=O)COc1ccc(C)cc1. The molecular weight excluding hydrogens is 359 g/mol. The van der Waals surface area contributed by atoms with Crippen molar-refractivity contribution in [2.24, 2.45) is 0 Å². The third-order valence-corrected chi connectivity index (χ3v) is 4.40. The largest absolute Gasteiger partial charge is 0.484 e. The number of nitrogens with one attached hydrogen (secondary N) is 1. The van der Waals surface area contributed by atoms with Crippen molar-refractivity contribution in [2.75, 3.05) is 13.2 Å². The highest BCUT2D eigenvalue weighted by Crippen LogP contribution is 2.15. The highest BCUT2D eigenvalue weighted by Gasteiger charge is 2.27. The van der Waals surface area contributed by atoms with E-state index in [4.69, 9.17) is 4.74 Å². The van der Waals surface area contributed by atoms with Crippen LogP contribution in [0.25, 0.3) is 0 Å². The first-order valence-electron chi connectivity index (χ1n) is 9.42. The van der Waals surface area contributed by atoms with Crippen LogP contribution in [0.2, 0.25) is 0 Å². The molecule has 2 amide bonds. The van der Waals surface area contributed by atoms with E-state index in [-0.39, 0.29) is 25.0 Å². The summed E-state index contributed by atoms with van der Waals surface area (Å²) >= 11 is 0. The minimum atomic E-state index is -0.750. The number of aryl methyl sites for hydroxylation is 1. The third kappa shape index (κ3) is 6.08. The van der Waals surface area contributed by atoms with Crippen LogP contribution in [0.15, 0.2) is 48.5 Å². The van der Waals surface area contributed by atoms with E-state index >= 15 is 0 Å². The van der Waals surface area contributed by atoms with E-state index < -0.39 is 11.9 Å². The normalized spacial score (nSPS) is 11.6. The summed E-state index contributed by atoms with van der Waals surface area (Å²) in [5, 5.41) is 2.78. The number of ether oxygens (including phenoxy) is 1. The highest BCUT2D eigenvalue weighted by molar-refractivity contribution is 5.87. The number of benzene rings is 2. The van der Waals surface area contributed by atoms with Gasteiger partial charge >= 0.3 is 0 Å². The van der Waals surface area contributed by atoms with Crippen molar-refractivity contribution in [2.45, 2.75) is 39.8 Å². The van der Waals surface area contributed by atoms with Crippen LogP contribution >= 0.6 is 0 Å². The van der Waals surface area contributed by atoms with Gasteiger partial charge in [-0.2, -0.15) is 0 Å². The van der Waals surface area contributed by atoms with E-state index in [1.807, 2.05) is 26.0 Å². The molecule has 0 saturated heterocycles. The molecule has 150 valence electrons. The average molecular weight is 386 g/mol. The van der Waals surface area contributed by atoms with Crippen LogP contribution in [0.5, 0.6) is 5.75 Å². The van der Waals surface area contributed by atoms with Gasteiger partial charge in [-0.25, -0.2) is 4.39 Å². The predicted octanol–water partition coefficient (Wildman–Crippen LogP) is 3.46. The van der Waals surface area contributed by atoms with Crippen LogP contribution in [0.3, 0.4) is 0 Å². The van der Waals surface area contributed by atoms with Crippen LogP contribution in [-0.2, 0) is 16.1 Å². The quantitative estimate of drug-likeness (QED) is 0.718. The molecular formula is C22H27FN2O3. The first-order valence-corrected chi connectivity index (χ1v) is 9.42. The minimum absolute atomic E-state index is 0.0104. The summed E-state index contributed by atoms with van der Waals surface area (Å²) in [7, 11) is 0. The molecule has 0 bridgehead atoms. The summed E-state index contributed by atoms with van der Waals surface area (Å²) < 4.78 is 19.7. The Kier molecular flexibility index (Phi) is 7.99. The molecule has 0 heterocycles. The Bertz CT molecular complexity index is 793. The molecule has 0 aliphatic rings. The van der Waals surface area contributed by atoms with Gasteiger partial charge in [0.05, 0.1) is 0 Å². The second-order valence-electron chi connectivity index (χ2n) is 6.68. The maximum absolute atomic E-state index is 14.1. The summed E-state index contributed by atoms with van der Waals surface area (Å²) in [6.07, 6.45) is 0.788. The molecule has 28 heavy (non-hydrogen) atoms. The molecule has 1 N–H and O–H groups in total. The molecule has 6 heteroatoms. The van der Waals surface area contributed by atoms with Crippen molar-refractivity contribution in [1.29, 1.82) is 0 Å². The zero-order valence-electron chi connectivity index (χ0n) is 16.6. The summed E-state index contributed by atoms with van der Waals surface area (Å²) in [5.41, 5.74) is 1.43. The molecule has 0 aromatic heterocycles. The molecule has 0 spiro atoms. The average Bonchev–Trinajstić information content (AvgIpc) is 2.70. The molecule has 0 aliphatic carbocycles. The van der Waals surface area contributed by atoms with Crippen molar-refractivity contribution < 1.29 is 18.7 Å². The smallest absolute Gasteiger partial charge is 0.261 e. The van der Waals surface area contributed by atoms with Crippen molar-refractivity contribution in [3.05, 3.63) is 65.5 Å². The molecule has 1 atom stereocenters. The molecule has 0 radical (unpaired) electrons. The van der Waals surface area contributed by atoms with E-state index in [1.54, 1.807) is 37.3 Å². The lowest BCUT2D eigenvalue weighted by Gasteiger charge is -2.28. The Labute approximate surface area is 165 Å². The van der Waals surface area contributed by atoms with E-state index in [9.17, 15) is 14.0 Å². The van der Waals surface area contributed by atoms with Gasteiger partial charge in [-0.15, -0.1) is 0 Å². The van der Waals surface area contributed by atoms with Crippen LogP contribution in [0.4, 0.5) is 4.39 Å². The molecule has 2 aromatic rings. The van der Waals surface area contributed by atoms with E-state index in [0.717, 1.165) is 12.0 Å². The molecule has 5 nitrogen and oxygen atoms in total. The van der Waals surface area contributed by atoms with Gasteiger partial charge in [0, 0.05) is 18.7 Å². The van der Waals surface area contributed by atoms with E-state index in [2.05, 4.69) is 5.32 Å². The molecule has 0 fully saturated rings. The standard InChI is InChI=1S/C22H27FN2O3/c1-4-13-24-22(27)17(3)25(14-18-7-5-6-8-20(18)23)21(26)15-28-19-11-9-16(2)10-12-19/h5-12,17H,4,13-15H2,1-3H3,(H,24,27)/t17-/m1/s1. The molecule has 2 rings (SSSR count). The van der Waals surface area contributed by atoms with Gasteiger partial charge in [-0.1, -0.05) is 42.8 Å². The van der Waals surface area contributed by atoms with Gasteiger partial charge < -0.3 is 15.0 Å². The van der Waals surface area contributed by atoms with Crippen LogP contribution in [-0.4, -0.2) is 35.9 Å². The monoisotopic (exact) mass is 386 g/mol. The summed E-state index contributed by atoms with van der Waals surface area (Å²) in [6.45, 7) is 5.82. The summed E-state index contributed by atoms with van der Waals surface area (Å²) in [6, 6.07) is 12.8. The zero-order chi connectivity index (χ0) is 20.5. The van der Waals surface area contributed by atoms with Gasteiger partial charge in [0.15, 0.2) is 6.61 Å². The fraction of sp³-hybridized carbons (Fsp3) is 0.364. The zero-order valence-corrected chi connectivity index (χ0v) is 16.6. The second kappa shape index (κ2) is 10.4. The second-order valence-corrected chi connectivity index (χ2v) is 6.68. The summed E-state index contributed by atoms with van der Waals surface area (Å²) in [5.74, 6) is -0.515. The maximum atomic E-state index is 14.1. The fourth-order valence-corrected chi connectivity index (χ4v) is 2.65. The molecule has 0 saturated carbocycles. The van der Waals surface area contributed by atoms with Crippen LogP contribution < -0.4 is 10.1 Å².